The first kappa shape index (κ1) is 13.1. The van der Waals surface area contributed by atoms with Crippen LogP contribution >= 0.6 is 0 Å². The minimum absolute atomic E-state index is 0.119. The van der Waals surface area contributed by atoms with Crippen molar-refractivity contribution >= 4 is 5.91 Å². The van der Waals surface area contributed by atoms with E-state index in [9.17, 15) is 26.7 Å². The molecule has 0 bridgehead atoms. The van der Waals surface area contributed by atoms with Crippen LogP contribution in [-0.4, -0.2) is 48.2 Å². The third kappa shape index (κ3) is 2.53. The second kappa shape index (κ2) is 4.07. The number of hydrogen-bond donors (Lipinski definition) is 1. The smallest absolute Gasteiger partial charge is 0.395 e. The Morgan fingerprint density at radius 1 is 1.29 bits per heavy atom. The molecule has 0 spiro atoms. The van der Waals surface area contributed by atoms with Crippen molar-refractivity contribution in [2.75, 3.05) is 20.2 Å². The van der Waals surface area contributed by atoms with E-state index in [0.717, 1.165) is 7.05 Å². The Bertz CT molecular complexity index is 215. The molecule has 0 aromatic carbocycles. The van der Waals surface area contributed by atoms with E-state index in [1.807, 2.05) is 0 Å². The lowest BCUT2D eigenvalue weighted by Crippen LogP contribution is -2.51. The second-order valence-electron chi connectivity index (χ2n) is 2.52. The number of hydrogen-bond acceptors (Lipinski definition) is 2. The van der Waals surface area contributed by atoms with Gasteiger partial charge in [0.05, 0.1) is 6.61 Å². The molecule has 84 valence electrons. The van der Waals surface area contributed by atoms with Crippen molar-refractivity contribution in [2.45, 2.75) is 12.1 Å². The van der Waals surface area contributed by atoms with Crippen molar-refractivity contribution < 1.29 is 31.9 Å². The van der Waals surface area contributed by atoms with Crippen LogP contribution in [0.25, 0.3) is 0 Å². The number of alkyl halides is 5. The lowest BCUT2D eigenvalue weighted by atomic mass is 10.3. The zero-order chi connectivity index (χ0) is 11.6. The quantitative estimate of drug-likeness (QED) is 0.710. The summed E-state index contributed by atoms with van der Waals surface area (Å²) in [6.45, 7) is -1.26. The van der Waals surface area contributed by atoms with E-state index in [1.165, 1.54) is 0 Å². The Hall–Kier alpha value is -0.920. The van der Waals surface area contributed by atoms with Gasteiger partial charge in [0.15, 0.2) is 0 Å². The zero-order valence-corrected chi connectivity index (χ0v) is 7.11. The SMILES string of the molecule is CN(CCO)C(=O)C(F)(F)C(F)(F)F. The van der Waals surface area contributed by atoms with Gasteiger partial charge in [-0.25, -0.2) is 0 Å². The predicted molar refractivity (Wildman–Crippen MR) is 35.7 cm³/mol. The van der Waals surface area contributed by atoms with Gasteiger partial charge < -0.3 is 10.0 Å². The van der Waals surface area contributed by atoms with E-state index in [0.29, 0.717) is 0 Å². The first-order valence-electron chi connectivity index (χ1n) is 3.45. The molecule has 8 heteroatoms. The van der Waals surface area contributed by atoms with Crippen LogP contribution < -0.4 is 0 Å². The minimum atomic E-state index is -5.91. The highest BCUT2D eigenvalue weighted by molar-refractivity contribution is 5.84. The van der Waals surface area contributed by atoms with E-state index in [1.54, 1.807) is 0 Å². The normalized spacial score (nSPS) is 12.8. The van der Waals surface area contributed by atoms with Gasteiger partial charge in [0.1, 0.15) is 0 Å². The highest BCUT2D eigenvalue weighted by atomic mass is 19.4. The van der Waals surface area contributed by atoms with Crippen LogP contribution in [0.15, 0.2) is 0 Å². The minimum Gasteiger partial charge on any atom is -0.395 e. The van der Waals surface area contributed by atoms with Gasteiger partial charge in [0.2, 0.25) is 0 Å². The molecule has 0 aliphatic rings. The van der Waals surface area contributed by atoms with Gasteiger partial charge in [0.25, 0.3) is 0 Å². The monoisotopic (exact) mass is 221 g/mol. The summed E-state index contributed by atoms with van der Waals surface area (Å²) < 4.78 is 59.5. The van der Waals surface area contributed by atoms with E-state index in [-0.39, 0.29) is 4.90 Å². The molecule has 0 aromatic rings. The molecule has 0 unspecified atom stereocenters. The van der Waals surface area contributed by atoms with Crippen molar-refractivity contribution in [3.05, 3.63) is 0 Å². The topological polar surface area (TPSA) is 40.5 Å². The molecule has 0 heterocycles. The average Bonchev–Trinajstić information content (AvgIpc) is 2.01. The molecule has 3 nitrogen and oxygen atoms in total. The first-order valence-corrected chi connectivity index (χ1v) is 3.45. The maximum atomic E-state index is 12.3. The number of carbonyl (C=O) groups excluding carboxylic acids is 1. The Labute approximate surface area is 76.1 Å². The third-order valence-electron chi connectivity index (χ3n) is 1.41. The second-order valence-corrected chi connectivity index (χ2v) is 2.52. The van der Waals surface area contributed by atoms with Crippen LogP contribution in [0.2, 0.25) is 0 Å². The number of rotatable bonds is 3. The van der Waals surface area contributed by atoms with Crippen molar-refractivity contribution in [2.24, 2.45) is 0 Å². The molecule has 0 atom stereocenters. The largest absolute Gasteiger partial charge is 0.463 e. The molecule has 0 aliphatic carbocycles. The molecule has 14 heavy (non-hydrogen) atoms. The van der Waals surface area contributed by atoms with Crippen LogP contribution in [0, 0.1) is 0 Å². The van der Waals surface area contributed by atoms with Gasteiger partial charge in [-0.2, -0.15) is 22.0 Å². The molecule has 0 aromatic heterocycles. The molecule has 0 radical (unpaired) electrons. The molecule has 0 saturated heterocycles. The van der Waals surface area contributed by atoms with Gasteiger partial charge in [0, 0.05) is 13.6 Å². The summed E-state index contributed by atoms with van der Waals surface area (Å²) in [5, 5.41) is 8.23. The lowest BCUT2D eigenvalue weighted by molar-refractivity contribution is -0.274. The number of aliphatic hydroxyl groups is 1. The maximum Gasteiger partial charge on any atom is 0.463 e. The summed E-state index contributed by atoms with van der Waals surface area (Å²) in [6, 6.07) is 0. The zero-order valence-electron chi connectivity index (χ0n) is 7.11. The number of halogens is 5. The Morgan fingerprint density at radius 3 is 2.00 bits per heavy atom. The Balaban J connectivity index is 4.67. The van der Waals surface area contributed by atoms with Gasteiger partial charge in [-0.3, -0.25) is 4.79 Å². The van der Waals surface area contributed by atoms with Crippen molar-refractivity contribution in [1.82, 2.24) is 4.90 Å². The number of likely N-dealkylation sites (N-methyl/N-ethyl adjacent to an activating group) is 1. The summed E-state index contributed by atoms with van der Waals surface area (Å²) in [4.78, 5) is 10.7. The van der Waals surface area contributed by atoms with Crippen LogP contribution in [0.5, 0.6) is 0 Å². The third-order valence-corrected chi connectivity index (χ3v) is 1.41. The molecule has 1 amide bonds. The Morgan fingerprint density at radius 2 is 1.71 bits per heavy atom. The molecular formula is C6H8F5NO2. The fourth-order valence-electron chi connectivity index (χ4n) is 0.613. The van der Waals surface area contributed by atoms with Crippen molar-refractivity contribution in [1.29, 1.82) is 0 Å². The first-order chi connectivity index (χ1) is 6.14. The van der Waals surface area contributed by atoms with E-state index < -0.39 is 31.2 Å². The van der Waals surface area contributed by atoms with Gasteiger partial charge in [-0.15, -0.1) is 0 Å². The summed E-state index contributed by atoms with van der Waals surface area (Å²) in [5.74, 6) is -7.78. The van der Waals surface area contributed by atoms with Gasteiger partial charge in [-0.05, 0) is 0 Å². The van der Waals surface area contributed by atoms with Crippen molar-refractivity contribution in [3.63, 3.8) is 0 Å². The highest BCUT2D eigenvalue weighted by Crippen LogP contribution is 2.36. The molecule has 1 N–H and O–H groups in total. The molecule has 0 saturated carbocycles. The van der Waals surface area contributed by atoms with Crippen LogP contribution in [0.3, 0.4) is 0 Å². The summed E-state index contributed by atoms with van der Waals surface area (Å²) in [7, 11) is 0.748. The summed E-state index contributed by atoms with van der Waals surface area (Å²) >= 11 is 0. The summed E-state index contributed by atoms with van der Waals surface area (Å²) in [5.41, 5.74) is 0. The Kier molecular flexibility index (Phi) is 3.81. The fourth-order valence-corrected chi connectivity index (χ4v) is 0.613. The number of carbonyl (C=O) groups is 1. The lowest BCUT2D eigenvalue weighted by Gasteiger charge is -2.24. The standard InChI is InChI=1S/C6H8F5NO2/c1-12(2-3-13)4(14)5(7,8)6(9,10)11/h13H,2-3H2,1H3. The van der Waals surface area contributed by atoms with Crippen LogP contribution in [-0.2, 0) is 4.79 Å². The molecule has 0 fully saturated rings. The van der Waals surface area contributed by atoms with Gasteiger partial charge in [-0.1, -0.05) is 0 Å². The highest BCUT2D eigenvalue weighted by Gasteiger charge is 2.64. The molecule has 0 aliphatic heterocycles. The molecular weight excluding hydrogens is 213 g/mol. The van der Waals surface area contributed by atoms with E-state index >= 15 is 0 Å². The number of amides is 1. The van der Waals surface area contributed by atoms with Crippen LogP contribution in [0.4, 0.5) is 22.0 Å². The average molecular weight is 221 g/mol. The number of aliphatic hydroxyl groups excluding tert-OH is 1. The van der Waals surface area contributed by atoms with E-state index in [2.05, 4.69) is 0 Å². The predicted octanol–water partition coefficient (Wildman–Crippen LogP) is 0.635. The molecule has 0 rings (SSSR count). The van der Waals surface area contributed by atoms with E-state index in [4.69, 9.17) is 5.11 Å². The maximum absolute atomic E-state index is 12.3. The fraction of sp³-hybridized carbons (Fsp3) is 0.833. The summed E-state index contributed by atoms with van der Waals surface area (Å²) in [6.07, 6.45) is -5.91. The van der Waals surface area contributed by atoms with Crippen molar-refractivity contribution in [3.8, 4) is 0 Å². The van der Waals surface area contributed by atoms with Gasteiger partial charge >= 0.3 is 18.0 Å². The van der Waals surface area contributed by atoms with Crippen LogP contribution in [0.1, 0.15) is 0 Å². The number of nitrogens with zero attached hydrogens (tertiary/aromatic N) is 1.